The van der Waals surface area contributed by atoms with Gasteiger partial charge in [-0.2, -0.15) is 13.2 Å². The molecule has 0 aliphatic carbocycles. The highest BCUT2D eigenvalue weighted by Crippen LogP contribution is 2.33. The van der Waals surface area contributed by atoms with Crippen molar-refractivity contribution in [3.05, 3.63) is 16.8 Å². The molecule has 1 aliphatic heterocycles. The van der Waals surface area contributed by atoms with Gasteiger partial charge in [-0.25, -0.2) is 9.97 Å². The molecule has 0 aromatic carbocycles. The molecule has 2 N–H and O–H groups in total. The SMILES string of the molecule is CCc1nc(NC2CCNCC2)c2cc(CC(F)(F)F)sc2n1. The molecular weight excluding hydrogens is 325 g/mol. The van der Waals surface area contributed by atoms with E-state index in [0.29, 0.717) is 34.3 Å². The standard InChI is InChI=1S/C15H19F3N4S/c1-2-12-21-13(20-9-3-5-19-6-4-9)11-7-10(8-15(16,17)18)23-14(11)22-12/h7,9,19H,2-6,8H2,1H3,(H,20,21,22). The van der Waals surface area contributed by atoms with Crippen molar-refractivity contribution >= 4 is 27.4 Å². The summed E-state index contributed by atoms with van der Waals surface area (Å²) in [5.41, 5.74) is 0. The fourth-order valence-electron chi connectivity index (χ4n) is 2.73. The first kappa shape index (κ1) is 16.4. The summed E-state index contributed by atoms with van der Waals surface area (Å²) < 4.78 is 37.9. The monoisotopic (exact) mass is 344 g/mol. The first-order valence-electron chi connectivity index (χ1n) is 7.78. The molecule has 2 aromatic rings. The number of aryl methyl sites for hydroxylation is 1. The number of hydrogen-bond acceptors (Lipinski definition) is 5. The molecule has 0 bridgehead atoms. The van der Waals surface area contributed by atoms with Crippen molar-refractivity contribution < 1.29 is 13.2 Å². The van der Waals surface area contributed by atoms with Gasteiger partial charge in [-0.15, -0.1) is 11.3 Å². The van der Waals surface area contributed by atoms with Gasteiger partial charge in [0, 0.05) is 17.3 Å². The Kier molecular flexibility index (Phi) is 4.72. The molecule has 3 rings (SSSR count). The topological polar surface area (TPSA) is 49.8 Å². The average Bonchev–Trinajstić information content (AvgIpc) is 2.88. The molecule has 1 fully saturated rings. The van der Waals surface area contributed by atoms with Gasteiger partial charge in [-0.1, -0.05) is 6.92 Å². The van der Waals surface area contributed by atoms with E-state index in [1.807, 2.05) is 6.92 Å². The third kappa shape index (κ3) is 4.11. The van der Waals surface area contributed by atoms with Crippen LogP contribution in [0.4, 0.5) is 19.0 Å². The molecule has 0 atom stereocenters. The lowest BCUT2D eigenvalue weighted by Gasteiger charge is -2.24. The number of piperidine rings is 1. The van der Waals surface area contributed by atoms with Crippen LogP contribution in [-0.2, 0) is 12.8 Å². The molecule has 0 radical (unpaired) electrons. The van der Waals surface area contributed by atoms with E-state index in [1.165, 1.54) is 0 Å². The Balaban J connectivity index is 1.93. The summed E-state index contributed by atoms with van der Waals surface area (Å²) in [5.74, 6) is 1.33. The number of halogens is 3. The van der Waals surface area contributed by atoms with Crippen molar-refractivity contribution in [3.8, 4) is 0 Å². The zero-order valence-electron chi connectivity index (χ0n) is 12.8. The first-order chi connectivity index (χ1) is 10.9. The zero-order valence-corrected chi connectivity index (χ0v) is 13.7. The number of alkyl halides is 3. The molecule has 3 heterocycles. The van der Waals surface area contributed by atoms with Crippen molar-refractivity contribution in [3.63, 3.8) is 0 Å². The number of thiophene rings is 1. The van der Waals surface area contributed by atoms with Crippen LogP contribution in [0.2, 0.25) is 0 Å². The largest absolute Gasteiger partial charge is 0.393 e. The predicted molar refractivity (Wildman–Crippen MR) is 86.1 cm³/mol. The minimum Gasteiger partial charge on any atom is -0.367 e. The summed E-state index contributed by atoms with van der Waals surface area (Å²) in [5, 5.41) is 7.40. The molecule has 0 unspecified atom stereocenters. The third-order valence-corrected chi connectivity index (χ3v) is 4.89. The van der Waals surface area contributed by atoms with Gasteiger partial charge in [-0.3, -0.25) is 0 Å². The van der Waals surface area contributed by atoms with Crippen molar-refractivity contribution in [1.29, 1.82) is 0 Å². The lowest BCUT2D eigenvalue weighted by atomic mass is 10.1. The van der Waals surface area contributed by atoms with Crippen molar-refractivity contribution in [2.75, 3.05) is 18.4 Å². The molecule has 0 amide bonds. The maximum Gasteiger partial charge on any atom is 0.393 e. The number of aromatic nitrogens is 2. The summed E-state index contributed by atoms with van der Waals surface area (Å²) >= 11 is 1.11. The van der Waals surface area contributed by atoms with Crippen LogP contribution in [0.3, 0.4) is 0 Å². The summed E-state index contributed by atoms with van der Waals surface area (Å²) in [6.07, 6.45) is -2.50. The van der Waals surface area contributed by atoms with Gasteiger partial charge < -0.3 is 10.6 Å². The highest BCUT2D eigenvalue weighted by Gasteiger charge is 2.29. The number of nitrogens with zero attached hydrogens (tertiary/aromatic N) is 2. The summed E-state index contributed by atoms with van der Waals surface area (Å²) in [6.45, 7) is 3.82. The molecule has 8 heteroatoms. The van der Waals surface area contributed by atoms with Crippen LogP contribution in [0.25, 0.3) is 10.2 Å². The van der Waals surface area contributed by atoms with Gasteiger partial charge in [0.15, 0.2) is 0 Å². The number of anilines is 1. The Morgan fingerprint density at radius 3 is 2.70 bits per heavy atom. The molecule has 2 aromatic heterocycles. The summed E-state index contributed by atoms with van der Waals surface area (Å²) in [6, 6.07) is 1.88. The first-order valence-corrected chi connectivity index (χ1v) is 8.59. The maximum atomic E-state index is 12.6. The zero-order chi connectivity index (χ0) is 16.4. The highest BCUT2D eigenvalue weighted by molar-refractivity contribution is 7.18. The Hall–Kier alpha value is -1.41. The summed E-state index contributed by atoms with van der Waals surface area (Å²) in [4.78, 5) is 9.80. The molecule has 1 saturated heterocycles. The van der Waals surface area contributed by atoms with Crippen molar-refractivity contribution in [2.24, 2.45) is 0 Å². The fourth-order valence-corrected chi connectivity index (χ4v) is 3.81. The Morgan fingerprint density at radius 1 is 1.30 bits per heavy atom. The van der Waals surface area contributed by atoms with E-state index >= 15 is 0 Å². The van der Waals surface area contributed by atoms with Gasteiger partial charge in [0.25, 0.3) is 0 Å². The lowest BCUT2D eigenvalue weighted by Crippen LogP contribution is -2.35. The van der Waals surface area contributed by atoms with Crippen molar-refractivity contribution in [2.45, 2.75) is 44.8 Å². The van der Waals surface area contributed by atoms with Crippen LogP contribution in [0.5, 0.6) is 0 Å². The van der Waals surface area contributed by atoms with Crippen LogP contribution in [0.15, 0.2) is 6.07 Å². The van der Waals surface area contributed by atoms with E-state index in [4.69, 9.17) is 0 Å². The molecular formula is C15H19F3N4S. The van der Waals surface area contributed by atoms with Gasteiger partial charge in [-0.05, 0) is 32.0 Å². The highest BCUT2D eigenvalue weighted by atomic mass is 32.1. The number of fused-ring (bicyclic) bond motifs is 1. The van der Waals surface area contributed by atoms with Crippen LogP contribution in [-0.4, -0.2) is 35.3 Å². The van der Waals surface area contributed by atoms with E-state index < -0.39 is 12.6 Å². The van der Waals surface area contributed by atoms with E-state index in [9.17, 15) is 13.2 Å². The predicted octanol–water partition coefficient (Wildman–Crippen LogP) is 3.52. The quantitative estimate of drug-likeness (QED) is 0.891. The molecule has 23 heavy (non-hydrogen) atoms. The maximum absolute atomic E-state index is 12.6. The van der Waals surface area contributed by atoms with E-state index in [1.54, 1.807) is 6.07 Å². The third-order valence-electron chi connectivity index (χ3n) is 3.86. The molecule has 1 aliphatic rings. The minimum absolute atomic E-state index is 0.281. The van der Waals surface area contributed by atoms with Gasteiger partial charge in [0.2, 0.25) is 0 Å². The second kappa shape index (κ2) is 6.60. The average molecular weight is 344 g/mol. The van der Waals surface area contributed by atoms with E-state index in [2.05, 4.69) is 20.6 Å². The molecule has 126 valence electrons. The molecule has 4 nitrogen and oxygen atoms in total. The van der Waals surface area contributed by atoms with Crippen molar-refractivity contribution in [1.82, 2.24) is 15.3 Å². The Morgan fingerprint density at radius 2 is 2.04 bits per heavy atom. The van der Waals surface area contributed by atoms with Crippen LogP contribution in [0.1, 0.15) is 30.5 Å². The molecule has 0 spiro atoms. The fraction of sp³-hybridized carbons (Fsp3) is 0.600. The van der Waals surface area contributed by atoms with E-state index in [0.717, 1.165) is 37.3 Å². The smallest absolute Gasteiger partial charge is 0.367 e. The number of rotatable bonds is 4. The van der Waals surface area contributed by atoms with Gasteiger partial charge >= 0.3 is 6.18 Å². The Labute approximate surface area is 136 Å². The van der Waals surface area contributed by atoms with E-state index in [-0.39, 0.29) is 4.88 Å². The van der Waals surface area contributed by atoms with Crippen LogP contribution >= 0.6 is 11.3 Å². The van der Waals surface area contributed by atoms with Crippen LogP contribution in [0, 0.1) is 0 Å². The van der Waals surface area contributed by atoms with Crippen LogP contribution < -0.4 is 10.6 Å². The Bertz CT molecular complexity index is 677. The summed E-state index contributed by atoms with van der Waals surface area (Å²) in [7, 11) is 0. The second-order valence-electron chi connectivity index (χ2n) is 5.73. The number of nitrogens with one attached hydrogen (secondary N) is 2. The molecule has 0 saturated carbocycles. The van der Waals surface area contributed by atoms with Gasteiger partial charge in [0.1, 0.15) is 16.5 Å². The normalized spacial score (nSPS) is 16.9. The minimum atomic E-state index is -4.20. The van der Waals surface area contributed by atoms with Gasteiger partial charge in [0.05, 0.1) is 11.8 Å². The lowest BCUT2D eigenvalue weighted by molar-refractivity contribution is -0.126. The second-order valence-corrected chi connectivity index (χ2v) is 6.85. The number of hydrogen-bond donors (Lipinski definition) is 2.